The highest BCUT2D eigenvalue weighted by atomic mass is 127. The maximum Gasteiger partial charge on any atom is 0.242 e. The topological polar surface area (TPSA) is 83.0 Å². The van der Waals surface area contributed by atoms with Crippen molar-refractivity contribution in [1.82, 2.24) is 14.9 Å². The van der Waals surface area contributed by atoms with Gasteiger partial charge in [-0.25, -0.2) is 17.7 Å². The molecule has 27 heavy (non-hydrogen) atoms. The Balaban J connectivity index is 0.00000364. The molecule has 0 saturated carbocycles. The lowest BCUT2D eigenvalue weighted by Gasteiger charge is -2.24. The third-order valence-electron chi connectivity index (χ3n) is 4.40. The highest BCUT2D eigenvalue weighted by Crippen LogP contribution is 2.23. The van der Waals surface area contributed by atoms with E-state index in [1.54, 1.807) is 24.3 Å². The van der Waals surface area contributed by atoms with Crippen LogP contribution >= 0.6 is 24.0 Å². The Kier molecular flexibility index (Phi) is 9.46. The Morgan fingerprint density at radius 3 is 2.44 bits per heavy atom. The van der Waals surface area contributed by atoms with Gasteiger partial charge in [-0.2, -0.15) is 0 Å². The number of hydrogen-bond acceptors (Lipinski definition) is 4. The number of halogens is 1. The Morgan fingerprint density at radius 2 is 1.93 bits per heavy atom. The number of sulfonamides is 1. The summed E-state index contributed by atoms with van der Waals surface area (Å²) in [5, 5.41) is 6.56. The van der Waals surface area contributed by atoms with Crippen LogP contribution in [-0.4, -0.2) is 58.1 Å². The van der Waals surface area contributed by atoms with Crippen molar-refractivity contribution in [2.75, 3.05) is 33.8 Å². The minimum atomic E-state index is -3.40. The number of guanidine groups is 1. The smallest absolute Gasteiger partial charge is 0.242 e. The number of ether oxygens (including phenoxy) is 1. The molecule has 0 aliphatic carbocycles. The summed E-state index contributed by atoms with van der Waals surface area (Å²) in [7, 11) is -0.351. The molecular weight excluding hydrogens is 479 g/mol. The summed E-state index contributed by atoms with van der Waals surface area (Å²) in [5.41, 5.74) is 0.807. The lowest BCUT2D eigenvalue weighted by Crippen LogP contribution is -2.45. The van der Waals surface area contributed by atoms with E-state index in [1.165, 1.54) is 18.4 Å². The molecule has 1 atom stereocenters. The van der Waals surface area contributed by atoms with Gasteiger partial charge in [0.2, 0.25) is 10.0 Å². The number of aliphatic imine (C=N–C) groups is 1. The zero-order valence-corrected chi connectivity index (χ0v) is 19.6. The zero-order chi connectivity index (χ0) is 19.2. The van der Waals surface area contributed by atoms with Gasteiger partial charge in [-0.3, -0.25) is 0 Å². The molecule has 0 radical (unpaired) electrons. The van der Waals surface area contributed by atoms with Crippen molar-refractivity contribution < 1.29 is 13.2 Å². The zero-order valence-electron chi connectivity index (χ0n) is 16.5. The van der Waals surface area contributed by atoms with E-state index in [1.807, 2.05) is 6.92 Å². The largest absolute Gasteiger partial charge is 0.373 e. The normalized spacial score (nSPS) is 20.4. The fourth-order valence-electron chi connectivity index (χ4n) is 2.74. The Bertz CT molecular complexity index is 715. The van der Waals surface area contributed by atoms with Gasteiger partial charge in [0.25, 0.3) is 0 Å². The van der Waals surface area contributed by atoms with Gasteiger partial charge in [-0.05, 0) is 44.4 Å². The minimum Gasteiger partial charge on any atom is -0.373 e. The molecule has 154 valence electrons. The van der Waals surface area contributed by atoms with E-state index in [0.717, 1.165) is 37.5 Å². The number of benzene rings is 1. The Morgan fingerprint density at radius 1 is 1.26 bits per heavy atom. The molecule has 1 aromatic carbocycles. The van der Waals surface area contributed by atoms with Gasteiger partial charge in [-0.15, -0.1) is 24.0 Å². The van der Waals surface area contributed by atoms with E-state index >= 15 is 0 Å². The minimum absolute atomic E-state index is 0. The molecule has 0 aromatic heterocycles. The second-order valence-electron chi connectivity index (χ2n) is 6.88. The van der Waals surface area contributed by atoms with Gasteiger partial charge in [0.15, 0.2) is 5.96 Å². The van der Waals surface area contributed by atoms with Crippen molar-refractivity contribution in [1.29, 1.82) is 0 Å². The maximum absolute atomic E-state index is 12.1. The molecule has 7 nitrogen and oxygen atoms in total. The molecule has 0 bridgehead atoms. The predicted molar refractivity (Wildman–Crippen MR) is 119 cm³/mol. The van der Waals surface area contributed by atoms with Crippen molar-refractivity contribution in [2.24, 2.45) is 4.99 Å². The van der Waals surface area contributed by atoms with Crippen molar-refractivity contribution in [3.8, 4) is 0 Å². The van der Waals surface area contributed by atoms with Crippen LogP contribution in [0.4, 0.5) is 0 Å². The van der Waals surface area contributed by atoms with Gasteiger partial charge in [-0.1, -0.05) is 12.1 Å². The van der Waals surface area contributed by atoms with Crippen molar-refractivity contribution in [3.63, 3.8) is 0 Å². The maximum atomic E-state index is 12.1. The van der Waals surface area contributed by atoms with Gasteiger partial charge in [0, 0.05) is 33.8 Å². The lowest BCUT2D eigenvalue weighted by atomic mass is 10.0. The van der Waals surface area contributed by atoms with E-state index < -0.39 is 10.0 Å². The Labute approximate surface area is 180 Å². The highest BCUT2D eigenvalue weighted by molar-refractivity contribution is 14.0. The third-order valence-corrected chi connectivity index (χ3v) is 6.23. The van der Waals surface area contributed by atoms with Crippen LogP contribution in [0.15, 0.2) is 34.2 Å². The summed E-state index contributed by atoms with van der Waals surface area (Å²) in [6.45, 7) is 6.89. The summed E-state index contributed by atoms with van der Waals surface area (Å²) in [6.07, 6.45) is 2.13. The summed E-state index contributed by atoms with van der Waals surface area (Å²) in [5.74, 6) is 0.731. The van der Waals surface area contributed by atoms with Crippen molar-refractivity contribution >= 4 is 40.0 Å². The molecule has 9 heteroatoms. The van der Waals surface area contributed by atoms with E-state index in [2.05, 4.69) is 22.5 Å². The summed E-state index contributed by atoms with van der Waals surface area (Å²) in [6, 6.07) is 6.83. The van der Waals surface area contributed by atoms with Gasteiger partial charge in [0.05, 0.1) is 17.0 Å². The first-order chi connectivity index (χ1) is 12.3. The van der Waals surface area contributed by atoms with E-state index in [0.29, 0.717) is 13.1 Å². The van der Waals surface area contributed by atoms with Gasteiger partial charge < -0.3 is 15.4 Å². The third kappa shape index (κ3) is 6.88. The van der Waals surface area contributed by atoms with Crippen LogP contribution in [0.2, 0.25) is 0 Å². The van der Waals surface area contributed by atoms with Crippen molar-refractivity contribution in [3.05, 3.63) is 29.8 Å². The molecule has 0 spiro atoms. The second kappa shape index (κ2) is 10.6. The molecule has 1 unspecified atom stereocenters. The molecule has 1 aromatic rings. The molecular formula is C18H31IN4O3S. The molecule has 1 fully saturated rings. The van der Waals surface area contributed by atoms with Crippen LogP contribution in [0, 0.1) is 0 Å². The molecule has 1 saturated heterocycles. The van der Waals surface area contributed by atoms with Crippen LogP contribution < -0.4 is 10.6 Å². The first-order valence-electron chi connectivity index (χ1n) is 8.94. The molecule has 2 N–H and O–H groups in total. The average molecular weight is 510 g/mol. The highest BCUT2D eigenvalue weighted by Gasteiger charge is 2.29. The standard InChI is InChI=1S/C18H30N4O3S.HI/c1-5-19-17(21-14-18(2)11-6-12-25-18)20-13-15-7-9-16(10-8-15)26(23,24)22(3)4;/h7-10H,5-6,11-14H2,1-4H3,(H2,19,20,21);1H. The predicted octanol–water partition coefficient (Wildman–Crippen LogP) is 2.18. The SMILES string of the molecule is CCNC(=NCc1ccc(S(=O)(=O)N(C)C)cc1)NCC1(C)CCCO1.I. The number of rotatable bonds is 7. The average Bonchev–Trinajstić information content (AvgIpc) is 3.04. The lowest BCUT2D eigenvalue weighted by molar-refractivity contribution is 0.0243. The fraction of sp³-hybridized carbons (Fsp3) is 0.611. The number of hydrogen-bond donors (Lipinski definition) is 2. The Hall–Kier alpha value is -0.910. The summed E-state index contributed by atoms with van der Waals surface area (Å²) in [4.78, 5) is 4.87. The molecule has 1 heterocycles. The molecule has 0 amide bonds. The molecule has 1 aliphatic heterocycles. The van der Waals surface area contributed by atoms with Crippen LogP contribution in [0.5, 0.6) is 0 Å². The van der Waals surface area contributed by atoms with Crippen LogP contribution in [-0.2, 0) is 21.3 Å². The van der Waals surface area contributed by atoms with Crippen LogP contribution in [0.1, 0.15) is 32.3 Å². The van der Waals surface area contributed by atoms with Crippen molar-refractivity contribution in [2.45, 2.75) is 43.7 Å². The summed E-state index contributed by atoms with van der Waals surface area (Å²) >= 11 is 0. The van der Waals surface area contributed by atoms with E-state index in [-0.39, 0.29) is 34.5 Å². The monoisotopic (exact) mass is 510 g/mol. The second-order valence-corrected chi connectivity index (χ2v) is 9.03. The van der Waals surface area contributed by atoms with Gasteiger partial charge in [0.1, 0.15) is 0 Å². The fourth-order valence-corrected chi connectivity index (χ4v) is 3.64. The summed E-state index contributed by atoms with van der Waals surface area (Å²) < 4.78 is 31.2. The van der Waals surface area contributed by atoms with Gasteiger partial charge >= 0.3 is 0 Å². The quantitative estimate of drug-likeness (QED) is 0.334. The number of nitrogens with one attached hydrogen (secondary N) is 2. The molecule has 2 rings (SSSR count). The number of nitrogens with zero attached hydrogens (tertiary/aromatic N) is 2. The van der Waals surface area contributed by atoms with E-state index in [4.69, 9.17) is 4.74 Å². The first-order valence-corrected chi connectivity index (χ1v) is 10.4. The first kappa shape index (κ1) is 24.1. The molecule has 1 aliphatic rings. The van der Waals surface area contributed by atoms with Crippen LogP contribution in [0.25, 0.3) is 0 Å². The van der Waals surface area contributed by atoms with Crippen LogP contribution in [0.3, 0.4) is 0 Å². The van der Waals surface area contributed by atoms with E-state index in [9.17, 15) is 8.42 Å².